The number of aromatic nitrogens is 3. The van der Waals surface area contributed by atoms with Crippen LogP contribution in [0, 0.1) is 11.3 Å². The van der Waals surface area contributed by atoms with E-state index in [4.69, 9.17) is 0 Å². The molecular weight excluding hydrogens is 414 g/mol. The third-order valence-electron chi connectivity index (χ3n) is 5.18. The maximum Gasteiger partial charge on any atom is 0.235 e. The first-order chi connectivity index (χ1) is 14.7. The zero-order valence-corrected chi connectivity index (χ0v) is 18.5. The number of rotatable bonds is 6. The van der Waals surface area contributed by atoms with Crippen molar-refractivity contribution in [2.24, 2.45) is 0 Å². The van der Waals surface area contributed by atoms with Crippen molar-refractivity contribution in [1.82, 2.24) is 14.8 Å². The first-order valence-corrected chi connectivity index (χ1v) is 12.0. The second-order valence-electron chi connectivity index (χ2n) is 7.13. The maximum atomic E-state index is 12.6. The zero-order chi connectivity index (χ0) is 20.9. The molecular formula is C22H23N5OS2. The van der Waals surface area contributed by atoms with E-state index in [0.717, 1.165) is 49.2 Å². The quantitative estimate of drug-likeness (QED) is 0.438. The second-order valence-corrected chi connectivity index (χ2v) is 9.18. The van der Waals surface area contributed by atoms with Crippen molar-refractivity contribution in [3.05, 3.63) is 46.3 Å². The van der Waals surface area contributed by atoms with E-state index < -0.39 is 0 Å². The van der Waals surface area contributed by atoms with Gasteiger partial charge in [0.15, 0.2) is 11.0 Å². The third kappa shape index (κ3) is 4.27. The van der Waals surface area contributed by atoms with E-state index in [1.54, 1.807) is 11.3 Å². The van der Waals surface area contributed by atoms with Crippen LogP contribution in [0.25, 0.3) is 11.4 Å². The second kappa shape index (κ2) is 9.45. The summed E-state index contributed by atoms with van der Waals surface area (Å²) in [6.45, 7) is 2.76. The highest BCUT2D eigenvalue weighted by molar-refractivity contribution is 7.99. The van der Waals surface area contributed by atoms with Crippen molar-refractivity contribution in [2.45, 2.75) is 50.7 Å². The SMILES string of the molecule is CCn1c(SCC(=O)Nc2sc3c(c2C#N)CCCCC3)nnc1-c1ccccc1. The Morgan fingerprint density at radius 3 is 2.80 bits per heavy atom. The molecule has 2 heterocycles. The van der Waals surface area contributed by atoms with Gasteiger partial charge < -0.3 is 9.88 Å². The highest BCUT2D eigenvalue weighted by atomic mass is 32.2. The van der Waals surface area contributed by atoms with Crippen LogP contribution in [0.1, 0.15) is 42.2 Å². The van der Waals surface area contributed by atoms with Gasteiger partial charge in [0, 0.05) is 17.0 Å². The number of anilines is 1. The van der Waals surface area contributed by atoms with E-state index in [9.17, 15) is 10.1 Å². The predicted octanol–water partition coefficient (Wildman–Crippen LogP) is 4.90. The summed E-state index contributed by atoms with van der Waals surface area (Å²) in [5.41, 5.74) is 2.79. The van der Waals surface area contributed by atoms with Crippen LogP contribution < -0.4 is 5.32 Å². The molecule has 1 aliphatic rings. The molecule has 2 aromatic heterocycles. The van der Waals surface area contributed by atoms with Gasteiger partial charge in [0.2, 0.25) is 5.91 Å². The summed E-state index contributed by atoms with van der Waals surface area (Å²) >= 11 is 2.93. The van der Waals surface area contributed by atoms with Crippen LogP contribution in [-0.2, 0) is 24.2 Å². The first kappa shape index (κ1) is 20.6. The van der Waals surface area contributed by atoms with Gasteiger partial charge in [-0.1, -0.05) is 48.5 Å². The molecule has 0 radical (unpaired) electrons. The Kier molecular flexibility index (Phi) is 6.50. The Hall–Kier alpha value is -2.63. The molecule has 3 aromatic rings. The minimum atomic E-state index is -0.125. The summed E-state index contributed by atoms with van der Waals surface area (Å²) in [6.07, 6.45) is 5.40. The average Bonchev–Trinajstić information content (AvgIpc) is 3.25. The molecule has 1 amide bonds. The first-order valence-electron chi connectivity index (χ1n) is 10.2. The highest BCUT2D eigenvalue weighted by Gasteiger charge is 2.21. The van der Waals surface area contributed by atoms with Crippen LogP contribution in [0.2, 0.25) is 0 Å². The number of carbonyl (C=O) groups excluding carboxylic acids is 1. The Morgan fingerprint density at radius 2 is 2.03 bits per heavy atom. The van der Waals surface area contributed by atoms with E-state index in [1.807, 2.05) is 41.8 Å². The topological polar surface area (TPSA) is 83.6 Å². The lowest BCUT2D eigenvalue weighted by Crippen LogP contribution is -2.14. The molecule has 4 rings (SSSR count). The highest BCUT2D eigenvalue weighted by Crippen LogP contribution is 2.37. The summed E-state index contributed by atoms with van der Waals surface area (Å²) in [6, 6.07) is 12.2. The van der Waals surface area contributed by atoms with Gasteiger partial charge in [0.05, 0.1) is 11.3 Å². The Morgan fingerprint density at radius 1 is 1.23 bits per heavy atom. The van der Waals surface area contributed by atoms with Gasteiger partial charge in [-0.3, -0.25) is 4.79 Å². The summed E-state index contributed by atoms with van der Waals surface area (Å²) in [7, 11) is 0. The number of thioether (sulfide) groups is 1. The fourth-order valence-electron chi connectivity index (χ4n) is 3.72. The van der Waals surface area contributed by atoms with E-state index in [0.29, 0.717) is 15.7 Å². The van der Waals surface area contributed by atoms with Crippen LogP contribution in [0.15, 0.2) is 35.5 Å². The van der Waals surface area contributed by atoms with Crippen molar-refractivity contribution >= 4 is 34.0 Å². The normalized spacial score (nSPS) is 13.3. The number of aryl methyl sites for hydroxylation is 1. The van der Waals surface area contributed by atoms with Crippen molar-refractivity contribution in [2.75, 3.05) is 11.1 Å². The molecule has 0 saturated heterocycles. The maximum absolute atomic E-state index is 12.6. The van der Waals surface area contributed by atoms with Crippen LogP contribution in [-0.4, -0.2) is 26.4 Å². The lowest BCUT2D eigenvalue weighted by Gasteiger charge is -2.07. The van der Waals surface area contributed by atoms with Gasteiger partial charge in [-0.05, 0) is 38.2 Å². The number of nitriles is 1. The Bertz CT molecular complexity index is 1080. The Balaban J connectivity index is 1.45. The molecule has 1 aromatic carbocycles. The largest absolute Gasteiger partial charge is 0.316 e. The molecule has 0 bridgehead atoms. The predicted molar refractivity (Wildman–Crippen MR) is 121 cm³/mol. The number of fused-ring (bicyclic) bond motifs is 1. The molecule has 6 nitrogen and oxygen atoms in total. The summed E-state index contributed by atoms with van der Waals surface area (Å²) in [5.74, 6) is 0.898. The van der Waals surface area contributed by atoms with Crippen LogP contribution in [0.5, 0.6) is 0 Å². The lowest BCUT2D eigenvalue weighted by molar-refractivity contribution is -0.113. The minimum absolute atomic E-state index is 0.125. The van der Waals surface area contributed by atoms with E-state index in [-0.39, 0.29) is 11.7 Å². The smallest absolute Gasteiger partial charge is 0.235 e. The molecule has 1 aliphatic carbocycles. The minimum Gasteiger partial charge on any atom is -0.316 e. The molecule has 0 fully saturated rings. The van der Waals surface area contributed by atoms with Gasteiger partial charge in [-0.15, -0.1) is 21.5 Å². The van der Waals surface area contributed by atoms with Gasteiger partial charge in [0.25, 0.3) is 0 Å². The third-order valence-corrected chi connectivity index (χ3v) is 7.36. The zero-order valence-electron chi connectivity index (χ0n) is 16.9. The number of nitrogens with one attached hydrogen (secondary N) is 1. The number of hydrogen-bond donors (Lipinski definition) is 1. The van der Waals surface area contributed by atoms with Crippen molar-refractivity contribution in [1.29, 1.82) is 5.26 Å². The molecule has 0 unspecified atom stereocenters. The molecule has 154 valence electrons. The summed E-state index contributed by atoms with van der Waals surface area (Å²) in [5, 5.41) is 22.6. The van der Waals surface area contributed by atoms with Crippen LogP contribution >= 0.6 is 23.1 Å². The summed E-state index contributed by atoms with van der Waals surface area (Å²) in [4.78, 5) is 13.9. The number of benzene rings is 1. The fourth-order valence-corrected chi connectivity index (χ4v) is 5.78. The standard InChI is InChI=1S/C22H23N5OS2/c1-2-27-20(15-9-5-3-6-10-15)25-26-22(27)29-14-19(28)24-21-17(13-23)16-11-7-4-8-12-18(16)30-21/h3,5-6,9-10H,2,4,7-8,11-12,14H2,1H3,(H,24,28). The molecule has 0 aliphatic heterocycles. The Labute approximate surface area is 184 Å². The number of nitrogens with zero attached hydrogens (tertiary/aromatic N) is 4. The number of thiophene rings is 1. The molecule has 30 heavy (non-hydrogen) atoms. The molecule has 1 N–H and O–H groups in total. The van der Waals surface area contributed by atoms with Crippen molar-refractivity contribution in [3.8, 4) is 17.5 Å². The number of amides is 1. The van der Waals surface area contributed by atoms with E-state index in [2.05, 4.69) is 21.6 Å². The molecule has 0 spiro atoms. The molecule has 0 atom stereocenters. The molecule has 0 saturated carbocycles. The van der Waals surface area contributed by atoms with E-state index >= 15 is 0 Å². The van der Waals surface area contributed by atoms with Gasteiger partial charge in [-0.2, -0.15) is 5.26 Å². The number of carbonyl (C=O) groups is 1. The lowest BCUT2D eigenvalue weighted by atomic mass is 10.1. The monoisotopic (exact) mass is 437 g/mol. The van der Waals surface area contributed by atoms with Crippen molar-refractivity contribution < 1.29 is 4.79 Å². The van der Waals surface area contributed by atoms with Gasteiger partial charge >= 0.3 is 0 Å². The van der Waals surface area contributed by atoms with Gasteiger partial charge in [-0.25, -0.2) is 0 Å². The van der Waals surface area contributed by atoms with Crippen LogP contribution in [0.4, 0.5) is 5.00 Å². The number of hydrogen-bond acceptors (Lipinski definition) is 6. The van der Waals surface area contributed by atoms with Crippen molar-refractivity contribution in [3.63, 3.8) is 0 Å². The fraction of sp³-hybridized carbons (Fsp3) is 0.364. The average molecular weight is 438 g/mol. The van der Waals surface area contributed by atoms with Gasteiger partial charge in [0.1, 0.15) is 11.1 Å². The van der Waals surface area contributed by atoms with Crippen LogP contribution in [0.3, 0.4) is 0 Å². The molecule has 8 heteroatoms. The van der Waals surface area contributed by atoms with E-state index in [1.165, 1.54) is 23.1 Å². The summed E-state index contributed by atoms with van der Waals surface area (Å²) < 4.78 is 2.02.